The molecule has 2 aliphatic carbocycles. The van der Waals surface area contributed by atoms with Crippen LogP contribution in [-0.4, -0.2) is 47.0 Å². The van der Waals surface area contributed by atoms with Gasteiger partial charge in [0.2, 0.25) is 0 Å². The predicted molar refractivity (Wildman–Crippen MR) is 123 cm³/mol. The number of aliphatic imine (C=N–C) groups is 2. The van der Waals surface area contributed by atoms with E-state index in [4.69, 9.17) is 23.2 Å². The zero-order valence-corrected chi connectivity index (χ0v) is 19.9. The Balaban J connectivity index is 0.000000484. The Morgan fingerprint density at radius 2 is 1.11 bits per heavy atom. The van der Waals surface area contributed by atoms with E-state index >= 15 is 0 Å². The van der Waals surface area contributed by atoms with Gasteiger partial charge in [0, 0.05) is 12.1 Å². The topological polar surface area (TPSA) is 28.0 Å². The van der Waals surface area contributed by atoms with Crippen LogP contribution in [0.5, 0.6) is 0 Å². The van der Waals surface area contributed by atoms with Crippen LogP contribution in [0.2, 0.25) is 0 Å². The maximum Gasteiger partial charge on any atom is 0.0967 e. The number of halogens is 2. The molecule has 0 atom stereocenters. The number of rotatable bonds is 5. The van der Waals surface area contributed by atoms with Crippen molar-refractivity contribution in [2.45, 2.75) is 123 Å². The van der Waals surface area contributed by atoms with E-state index in [-0.39, 0.29) is 5.34 Å². The maximum absolute atomic E-state index is 4.76. The minimum absolute atomic E-state index is 0.194. The summed E-state index contributed by atoms with van der Waals surface area (Å²) in [5, 5.41) is 0.194. The van der Waals surface area contributed by atoms with Gasteiger partial charge in [0.1, 0.15) is 0 Å². The standard InChI is InChI=1S/C13H22N2.C8H19N.CH2Cl2/c1-3-7-12(8-4-1)14-11-15-13-9-5-2-6-10-13;1-6-9(7(2)3)8(4)5;2-1-3/h12-13H,1-10H2;7-8H,6H2,1-5H3;1H2. The first-order valence-electron chi connectivity index (χ1n) is 11.0. The summed E-state index contributed by atoms with van der Waals surface area (Å²) in [7, 11) is 0. The van der Waals surface area contributed by atoms with Gasteiger partial charge >= 0.3 is 0 Å². The summed E-state index contributed by atoms with van der Waals surface area (Å²) in [5.74, 6) is 0. The molecule has 2 fully saturated rings. The van der Waals surface area contributed by atoms with Crippen molar-refractivity contribution < 1.29 is 0 Å². The third kappa shape index (κ3) is 14.6. The fourth-order valence-corrected chi connectivity index (χ4v) is 3.94. The average molecular weight is 421 g/mol. The number of alkyl halides is 2. The van der Waals surface area contributed by atoms with Crippen molar-refractivity contribution in [1.29, 1.82) is 0 Å². The van der Waals surface area contributed by atoms with E-state index < -0.39 is 0 Å². The zero-order valence-electron chi connectivity index (χ0n) is 18.4. The molecule has 0 unspecified atom stereocenters. The van der Waals surface area contributed by atoms with Gasteiger partial charge in [-0.05, 0) is 59.9 Å². The quantitative estimate of drug-likeness (QED) is 0.337. The van der Waals surface area contributed by atoms with E-state index in [1.165, 1.54) is 64.2 Å². The van der Waals surface area contributed by atoms with E-state index in [0.29, 0.717) is 24.2 Å². The van der Waals surface area contributed by atoms with Gasteiger partial charge in [-0.25, -0.2) is 9.98 Å². The summed E-state index contributed by atoms with van der Waals surface area (Å²) in [5.41, 5.74) is 0. The molecule has 0 radical (unpaired) electrons. The number of hydrogen-bond donors (Lipinski definition) is 0. The van der Waals surface area contributed by atoms with Crippen LogP contribution in [0.25, 0.3) is 0 Å². The second-order valence-electron chi connectivity index (χ2n) is 8.06. The largest absolute Gasteiger partial charge is 0.299 e. The van der Waals surface area contributed by atoms with E-state index in [0.717, 1.165) is 6.54 Å². The van der Waals surface area contributed by atoms with Crippen molar-refractivity contribution in [2.75, 3.05) is 11.9 Å². The highest BCUT2D eigenvalue weighted by molar-refractivity contribution is 6.40. The Morgan fingerprint density at radius 3 is 1.33 bits per heavy atom. The van der Waals surface area contributed by atoms with Gasteiger partial charge in [-0.15, -0.1) is 23.2 Å². The molecule has 0 spiro atoms. The first-order chi connectivity index (χ1) is 13.0. The predicted octanol–water partition coefficient (Wildman–Crippen LogP) is 7.37. The molecule has 0 bridgehead atoms. The lowest BCUT2D eigenvalue weighted by atomic mass is 9.96. The Labute approximate surface area is 179 Å². The third-order valence-corrected chi connectivity index (χ3v) is 5.32. The van der Waals surface area contributed by atoms with Crippen LogP contribution >= 0.6 is 23.2 Å². The molecule has 27 heavy (non-hydrogen) atoms. The monoisotopic (exact) mass is 419 g/mol. The van der Waals surface area contributed by atoms with E-state index in [1.54, 1.807) is 0 Å². The summed E-state index contributed by atoms with van der Waals surface area (Å²) in [4.78, 5) is 11.4. The number of hydrogen-bond acceptors (Lipinski definition) is 3. The van der Waals surface area contributed by atoms with Crippen molar-refractivity contribution in [3.8, 4) is 0 Å². The van der Waals surface area contributed by atoms with E-state index in [9.17, 15) is 0 Å². The van der Waals surface area contributed by atoms with Gasteiger partial charge in [-0.1, -0.05) is 45.4 Å². The van der Waals surface area contributed by atoms with Crippen molar-refractivity contribution >= 4 is 29.2 Å². The summed E-state index contributed by atoms with van der Waals surface area (Å²) in [6, 6.07) is 5.42. The second-order valence-corrected chi connectivity index (χ2v) is 8.87. The summed E-state index contributed by atoms with van der Waals surface area (Å²) in [6.45, 7) is 12.3. The molecule has 0 heterocycles. The molecule has 2 aliphatic rings. The average Bonchev–Trinajstić information content (AvgIpc) is 2.65. The lowest BCUT2D eigenvalue weighted by molar-refractivity contribution is 0.185. The highest BCUT2D eigenvalue weighted by Gasteiger charge is 2.12. The first kappa shape index (κ1) is 26.9. The van der Waals surface area contributed by atoms with Crippen LogP contribution in [0, 0.1) is 0 Å². The van der Waals surface area contributed by atoms with Gasteiger partial charge in [0.25, 0.3) is 0 Å². The lowest BCUT2D eigenvalue weighted by Gasteiger charge is -2.28. The van der Waals surface area contributed by atoms with E-state index in [2.05, 4.69) is 55.5 Å². The Morgan fingerprint density at radius 1 is 0.778 bits per heavy atom. The van der Waals surface area contributed by atoms with Gasteiger partial charge in [-0.3, -0.25) is 4.90 Å². The molecule has 0 aromatic carbocycles. The van der Waals surface area contributed by atoms with Gasteiger partial charge in [0.15, 0.2) is 0 Å². The third-order valence-electron chi connectivity index (χ3n) is 5.32. The Hall–Kier alpha value is -0.0800. The van der Waals surface area contributed by atoms with Crippen LogP contribution in [-0.2, 0) is 0 Å². The SMILES string of the molecule is C(=NC1CCCCC1)=NC1CCCCC1.CCN(C(C)C)C(C)C.ClCCl. The first-order valence-corrected chi connectivity index (χ1v) is 12.0. The normalized spacial score (nSPS) is 18.3. The van der Waals surface area contributed by atoms with Crippen LogP contribution < -0.4 is 0 Å². The van der Waals surface area contributed by atoms with Crippen LogP contribution in [0.1, 0.15) is 98.8 Å². The Kier molecular flexibility index (Phi) is 17.9. The molecule has 160 valence electrons. The smallest absolute Gasteiger partial charge is 0.0967 e. The van der Waals surface area contributed by atoms with Crippen LogP contribution in [0.4, 0.5) is 0 Å². The molecule has 0 N–H and O–H groups in total. The minimum Gasteiger partial charge on any atom is -0.299 e. The minimum atomic E-state index is 0.194. The maximum atomic E-state index is 4.76. The van der Waals surface area contributed by atoms with Crippen molar-refractivity contribution in [2.24, 2.45) is 9.98 Å². The number of nitrogens with zero attached hydrogens (tertiary/aromatic N) is 3. The van der Waals surface area contributed by atoms with Gasteiger partial charge < -0.3 is 0 Å². The summed E-state index contributed by atoms with van der Waals surface area (Å²) in [6.07, 6.45) is 13.2. The molecule has 5 heteroatoms. The lowest BCUT2D eigenvalue weighted by Crippen LogP contribution is -2.36. The van der Waals surface area contributed by atoms with Gasteiger partial charge in [0.05, 0.1) is 23.4 Å². The van der Waals surface area contributed by atoms with Crippen LogP contribution in [0.3, 0.4) is 0 Å². The highest BCUT2D eigenvalue weighted by atomic mass is 35.5. The fourth-order valence-electron chi connectivity index (χ4n) is 3.94. The van der Waals surface area contributed by atoms with Crippen molar-refractivity contribution in [3.05, 3.63) is 0 Å². The highest BCUT2D eigenvalue weighted by Crippen LogP contribution is 2.21. The molecular formula is C22H43Cl2N3. The zero-order chi connectivity index (χ0) is 20.5. The molecule has 2 rings (SSSR count). The second kappa shape index (κ2) is 18.0. The summed E-state index contributed by atoms with van der Waals surface area (Å²) < 4.78 is 0. The molecule has 0 saturated heterocycles. The van der Waals surface area contributed by atoms with Gasteiger partial charge in [-0.2, -0.15) is 0 Å². The van der Waals surface area contributed by atoms with Crippen molar-refractivity contribution in [1.82, 2.24) is 4.90 Å². The fraction of sp³-hybridized carbons (Fsp3) is 0.955. The molecule has 3 nitrogen and oxygen atoms in total. The molecule has 2 saturated carbocycles. The molecule has 0 amide bonds. The molecule has 0 aromatic heterocycles. The van der Waals surface area contributed by atoms with E-state index in [1.807, 2.05) is 0 Å². The molecule has 0 aliphatic heterocycles. The molecular weight excluding hydrogens is 377 g/mol. The summed E-state index contributed by atoms with van der Waals surface area (Å²) >= 11 is 9.53. The van der Waals surface area contributed by atoms with Crippen LogP contribution in [0.15, 0.2) is 9.98 Å². The van der Waals surface area contributed by atoms with Crippen molar-refractivity contribution in [3.63, 3.8) is 0 Å². The Bertz CT molecular complexity index is 351. The molecule has 0 aromatic rings.